The summed E-state index contributed by atoms with van der Waals surface area (Å²) in [4.78, 5) is 23.5. The molecule has 0 saturated carbocycles. The summed E-state index contributed by atoms with van der Waals surface area (Å²) in [6.45, 7) is 4.06. The fourth-order valence-corrected chi connectivity index (χ4v) is 3.76. The van der Waals surface area contributed by atoms with Crippen molar-refractivity contribution in [3.05, 3.63) is 64.8 Å². The van der Waals surface area contributed by atoms with Gasteiger partial charge in [0.05, 0.1) is 29.8 Å². The molecule has 1 aliphatic rings. The number of methoxy groups -OCH3 is 2. The van der Waals surface area contributed by atoms with Crippen molar-refractivity contribution >= 4 is 46.2 Å². The van der Waals surface area contributed by atoms with E-state index in [0.717, 1.165) is 5.56 Å². The Morgan fingerprint density at radius 1 is 1.32 bits per heavy atom. The molecule has 0 atom stereocenters. The molecule has 3 rings (SSSR count). The number of halogens is 1. The van der Waals surface area contributed by atoms with Crippen LogP contribution < -0.4 is 9.47 Å². The normalized spacial score (nSPS) is 16.7. The molecule has 144 valence electrons. The largest absolute Gasteiger partial charge is 0.493 e. The van der Waals surface area contributed by atoms with Crippen LogP contribution in [0.2, 0.25) is 5.02 Å². The van der Waals surface area contributed by atoms with E-state index >= 15 is 0 Å². The summed E-state index contributed by atoms with van der Waals surface area (Å²) in [6.07, 6.45) is 6.53. The fraction of sp³-hybridized carbons (Fsp3) is 0.150. The van der Waals surface area contributed by atoms with E-state index in [1.807, 2.05) is 12.1 Å². The summed E-state index contributed by atoms with van der Waals surface area (Å²) < 4.78 is 10.8. The molecule has 6 nitrogen and oxygen atoms in total. The minimum Gasteiger partial charge on any atom is -0.493 e. The van der Waals surface area contributed by atoms with Gasteiger partial charge in [-0.3, -0.25) is 14.7 Å². The van der Waals surface area contributed by atoms with Crippen molar-refractivity contribution in [2.45, 2.75) is 0 Å². The van der Waals surface area contributed by atoms with Crippen molar-refractivity contribution in [1.29, 1.82) is 0 Å². The summed E-state index contributed by atoms with van der Waals surface area (Å²) in [6, 6.07) is 7.19. The monoisotopic (exact) mass is 415 g/mol. The predicted molar refractivity (Wildman–Crippen MR) is 113 cm³/mol. The lowest BCUT2D eigenvalue weighted by Gasteiger charge is -2.12. The molecule has 0 unspecified atom stereocenters. The van der Waals surface area contributed by atoms with Gasteiger partial charge in [0.15, 0.2) is 16.7 Å². The molecule has 1 fully saturated rings. The Morgan fingerprint density at radius 3 is 2.82 bits per heavy atom. The van der Waals surface area contributed by atoms with Crippen LogP contribution in [0.1, 0.15) is 5.56 Å². The first-order chi connectivity index (χ1) is 13.6. The lowest BCUT2D eigenvalue weighted by molar-refractivity contribution is -0.121. The highest BCUT2D eigenvalue weighted by Gasteiger charge is 2.33. The number of benzene rings is 1. The zero-order valence-electron chi connectivity index (χ0n) is 15.4. The van der Waals surface area contributed by atoms with Gasteiger partial charge in [0.1, 0.15) is 0 Å². The Hall–Kier alpha value is -2.77. The van der Waals surface area contributed by atoms with Gasteiger partial charge < -0.3 is 9.47 Å². The van der Waals surface area contributed by atoms with Crippen LogP contribution in [-0.4, -0.2) is 41.7 Å². The number of thioether (sulfide) groups is 1. The first kappa shape index (κ1) is 20.0. The highest BCUT2D eigenvalue weighted by atomic mass is 35.5. The molecular formula is C20H18ClN3O3S. The van der Waals surface area contributed by atoms with Gasteiger partial charge in [-0.1, -0.05) is 29.8 Å². The number of hydrogen-bond acceptors (Lipinski definition) is 6. The van der Waals surface area contributed by atoms with Crippen molar-refractivity contribution in [3.63, 3.8) is 0 Å². The zero-order chi connectivity index (χ0) is 20.1. The second-order valence-corrected chi connectivity index (χ2v) is 7.04. The number of nitrogens with zero attached hydrogens (tertiary/aromatic N) is 3. The maximum Gasteiger partial charge on any atom is 0.267 e. The summed E-state index contributed by atoms with van der Waals surface area (Å²) >= 11 is 7.42. The van der Waals surface area contributed by atoms with Crippen LogP contribution in [0, 0.1) is 0 Å². The molecule has 1 amide bonds. The van der Waals surface area contributed by atoms with Crippen molar-refractivity contribution in [3.8, 4) is 11.5 Å². The van der Waals surface area contributed by atoms with Crippen LogP contribution in [0.25, 0.3) is 6.08 Å². The maximum absolute atomic E-state index is 12.9. The zero-order valence-corrected chi connectivity index (χ0v) is 17.0. The molecule has 0 aliphatic carbocycles. The number of hydrogen-bond donors (Lipinski definition) is 0. The van der Waals surface area contributed by atoms with E-state index in [-0.39, 0.29) is 5.91 Å². The van der Waals surface area contributed by atoms with Crippen LogP contribution in [0.4, 0.5) is 5.69 Å². The number of pyridine rings is 1. The fourth-order valence-electron chi connectivity index (χ4n) is 2.61. The van der Waals surface area contributed by atoms with Gasteiger partial charge in [0.25, 0.3) is 5.91 Å². The lowest BCUT2D eigenvalue weighted by atomic mass is 10.1. The standard InChI is InChI=1S/C20H18ClN3O3S/c1-4-10-24-19(25)17(11-13-6-5-7-16(26-2)18(13)27-3)28-20(24)23-15-8-9-22-12-14(15)21/h4-9,11-12H,1,10H2,2-3H3/b17-11-,23-20?. The molecule has 1 aromatic heterocycles. The number of aromatic nitrogens is 1. The number of amidine groups is 1. The van der Waals surface area contributed by atoms with E-state index in [0.29, 0.717) is 38.8 Å². The molecule has 0 spiro atoms. The van der Waals surface area contributed by atoms with E-state index in [2.05, 4.69) is 16.6 Å². The smallest absolute Gasteiger partial charge is 0.267 e. The predicted octanol–water partition coefficient (Wildman–Crippen LogP) is 4.54. The van der Waals surface area contributed by atoms with E-state index in [4.69, 9.17) is 21.1 Å². The second kappa shape index (κ2) is 8.95. The number of carbonyl (C=O) groups is 1. The lowest BCUT2D eigenvalue weighted by Crippen LogP contribution is -2.29. The number of amides is 1. The van der Waals surface area contributed by atoms with Gasteiger partial charge in [0.2, 0.25) is 0 Å². The molecule has 1 aliphatic heterocycles. The Balaban J connectivity index is 2.03. The maximum atomic E-state index is 12.9. The van der Waals surface area contributed by atoms with Gasteiger partial charge in [-0.2, -0.15) is 0 Å². The Bertz CT molecular complexity index is 975. The molecule has 28 heavy (non-hydrogen) atoms. The van der Waals surface area contributed by atoms with E-state index in [9.17, 15) is 4.79 Å². The topological polar surface area (TPSA) is 64.0 Å². The molecule has 0 N–H and O–H groups in total. The SMILES string of the molecule is C=CCN1C(=O)/C(=C/c2cccc(OC)c2OC)SC1=Nc1ccncc1Cl. The number of aliphatic imine (C=N–C) groups is 1. The first-order valence-corrected chi connectivity index (χ1v) is 9.50. The summed E-state index contributed by atoms with van der Waals surface area (Å²) in [5.41, 5.74) is 1.28. The highest BCUT2D eigenvalue weighted by molar-refractivity contribution is 8.18. The van der Waals surface area contributed by atoms with E-state index in [1.165, 1.54) is 18.0 Å². The van der Waals surface area contributed by atoms with Crippen LogP contribution in [0.3, 0.4) is 0 Å². The first-order valence-electron chi connectivity index (χ1n) is 8.30. The molecular weight excluding hydrogens is 398 g/mol. The number of carbonyl (C=O) groups excluding carboxylic acids is 1. The van der Waals surface area contributed by atoms with Gasteiger partial charge in [-0.25, -0.2) is 4.99 Å². The third-order valence-corrected chi connectivity index (χ3v) is 5.18. The number of ether oxygens (including phenoxy) is 2. The highest BCUT2D eigenvalue weighted by Crippen LogP contribution is 2.38. The van der Waals surface area contributed by atoms with Gasteiger partial charge in [-0.15, -0.1) is 6.58 Å². The number of para-hydroxylation sites is 1. The van der Waals surface area contributed by atoms with Crippen molar-refractivity contribution in [2.75, 3.05) is 20.8 Å². The Kier molecular flexibility index (Phi) is 6.38. The van der Waals surface area contributed by atoms with Crippen LogP contribution in [-0.2, 0) is 4.79 Å². The summed E-state index contributed by atoms with van der Waals surface area (Å²) in [5, 5.41) is 0.930. The molecule has 2 aromatic rings. The quantitative estimate of drug-likeness (QED) is 0.511. The van der Waals surface area contributed by atoms with Crippen molar-refractivity contribution < 1.29 is 14.3 Å². The van der Waals surface area contributed by atoms with E-state index in [1.54, 1.807) is 49.6 Å². The summed E-state index contributed by atoms with van der Waals surface area (Å²) in [7, 11) is 3.13. The van der Waals surface area contributed by atoms with E-state index < -0.39 is 0 Å². The molecule has 1 saturated heterocycles. The van der Waals surface area contributed by atoms with Gasteiger partial charge in [0, 0.05) is 24.5 Å². The number of rotatable bonds is 6. The van der Waals surface area contributed by atoms with Crippen molar-refractivity contribution in [1.82, 2.24) is 9.88 Å². The third kappa shape index (κ3) is 4.05. The molecule has 1 aromatic carbocycles. The van der Waals surface area contributed by atoms with Crippen LogP contribution in [0.5, 0.6) is 11.5 Å². The second-order valence-electron chi connectivity index (χ2n) is 5.62. The Labute approximate surface area is 172 Å². The molecule has 8 heteroatoms. The van der Waals surface area contributed by atoms with Gasteiger partial charge >= 0.3 is 0 Å². The minimum absolute atomic E-state index is 0.168. The van der Waals surface area contributed by atoms with Crippen LogP contribution in [0.15, 0.2) is 59.2 Å². The molecule has 0 radical (unpaired) electrons. The van der Waals surface area contributed by atoms with Gasteiger partial charge in [-0.05, 0) is 30.0 Å². The third-order valence-electron chi connectivity index (χ3n) is 3.89. The average molecular weight is 416 g/mol. The minimum atomic E-state index is -0.168. The molecule has 0 bridgehead atoms. The average Bonchev–Trinajstić information content (AvgIpc) is 2.98. The van der Waals surface area contributed by atoms with Crippen LogP contribution >= 0.6 is 23.4 Å². The Morgan fingerprint density at radius 2 is 2.14 bits per heavy atom. The summed E-state index contributed by atoms with van der Waals surface area (Å²) in [5.74, 6) is 0.982. The molecule has 2 heterocycles. The van der Waals surface area contributed by atoms with Crippen molar-refractivity contribution in [2.24, 2.45) is 4.99 Å².